The first-order chi connectivity index (χ1) is 8.74. The van der Waals surface area contributed by atoms with Gasteiger partial charge in [-0.3, -0.25) is 4.79 Å². The Morgan fingerprint density at radius 2 is 2.50 bits per heavy atom. The summed E-state index contributed by atoms with van der Waals surface area (Å²) in [6.45, 7) is 1.88. The second-order valence-corrected chi connectivity index (χ2v) is 6.57. The van der Waals surface area contributed by atoms with Crippen LogP contribution in [0.1, 0.15) is 9.88 Å². The Kier molecular flexibility index (Phi) is 4.85. The maximum Gasteiger partial charge on any atom is 0.250 e. The van der Waals surface area contributed by atoms with Crippen LogP contribution in [0.15, 0.2) is 27.0 Å². The number of nitrogens with one attached hydrogen (secondary N) is 1. The highest BCUT2D eigenvalue weighted by Gasteiger charge is 2.05. The third kappa shape index (κ3) is 4.21. The summed E-state index contributed by atoms with van der Waals surface area (Å²) < 4.78 is 0.796. The number of aromatic nitrogens is 2. The molecule has 18 heavy (non-hydrogen) atoms. The van der Waals surface area contributed by atoms with Crippen molar-refractivity contribution in [2.75, 3.05) is 5.75 Å². The molecule has 94 valence electrons. The van der Waals surface area contributed by atoms with Gasteiger partial charge in [0.05, 0.1) is 12.0 Å². The van der Waals surface area contributed by atoms with Crippen molar-refractivity contribution < 1.29 is 4.79 Å². The molecular weight excluding hydrogens is 288 g/mol. The lowest BCUT2D eigenvalue weighted by atomic mass is 10.5. The molecule has 1 N–H and O–H groups in total. The lowest BCUT2D eigenvalue weighted by molar-refractivity contribution is -0.118. The summed E-state index contributed by atoms with van der Waals surface area (Å²) in [6.07, 6.45) is 1.63. The van der Waals surface area contributed by atoms with Crippen LogP contribution in [0.4, 0.5) is 0 Å². The van der Waals surface area contributed by atoms with Gasteiger partial charge in [-0.25, -0.2) is 5.43 Å². The number of amides is 1. The molecule has 2 aromatic rings. The maximum absolute atomic E-state index is 11.5. The first-order valence-corrected chi connectivity index (χ1v) is 7.70. The third-order valence-corrected chi connectivity index (χ3v) is 4.54. The number of thiophene rings is 1. The van der Waals surface area contributed by atoms with Crippen molar-refractivity contribution >= 4 is 46.6 Å². The minimum atomic E-state index is -0.152. The topological polar surface area (TPSA) is 67.2 Å². The van der Waals surface area contributed by atoms with E-state index in [-0.39, 0.29) is 11.7 Å². The monoisotopic (exact) mass is 298 g/mol. The number of hydrazone groups is 1. The van der Waals surface area contributed by atoms with Crippen molar-refractivity contribution in [1.82, 2.24) is 15.6 Å². The Morgan fingerprint density at radius 3 is 3.17 bits per heavy atom. The van der Waals surface area contributed by atoms with E-state index in [9.17, 15) is 4.79 Å². The zero-order valence-corrected chi connectivity index (χ0v) is 11.9. The van der Waals surface area contributed by atoms with Crippen LogP contribution in [-0.4, -0.2) is 28.1 Å². The fraction of sp³-hybridized carbons (Fsp3) is 0.200. The number of hydrogen-bond donors (Lipinski definition) is 1. The molecule has 5 nitrogen and oxygen atoms in total. The van der Waals surface area contributed by atoms with Crippen LogP contribution in [0.25, 0.3) is 0 Å². The van der Waals surface area contributed by atoms with Crippen LogP contribution in [0.5, 0.6) is 0 Å². The van der Waals surface area contributed by atoms with E-state index in [4.69, 9.17) is 0 Å². The van der Waals surface area contributed by atoms with E-state index in [2.05, 4.69) is 20.7 Å². The van der Waals surface area contributed by atoms with Gasteiger partial charge in [-0.1, -0.05) is 29.2 Å². The molecule has 2 rings (SSSR count). The summed E-state index contributed by atoms with van der Waals surface area (Å²) in [5, 5.41) is 14.5. The molecule has 0 unspecified atom stereocenters. The van der Waals surface area contributed by atoms with Gasteiger partial charge >= 0.3 is 0 Å². The Morgan fingerprint density at radius 1 is 1.61 bits per heavy atom. The predicted molar refractivity (Wildman–Crippen MR) is 75.4 cm³/mol. The number of carbonyl (C=O) groups excluding carboxylic acids is 1. The quantitative estimate of drug-likeness (QED) is 0.522. The molecule has 0 aliphatic rings. The van der Waals surface area contributed by atoms with Crippen molar-refractivity contribution in [3.05, 3.63) is 27.4 Å². The smallest absolute Gasteiger partial charge is 0.250 e. The number of aryl methyl sites for hydroxylation is 1. The molecule has 0 atom stereocenters. The highest BCUT2D eigenvalue weighted by Crippen LogP contribution is 2.21. The molecule has 0 aromatic carbocycles. The van der Waals surface area contributed by atoms with Gasteiger partial charge in [-0.05, 0) is 18.4 Å². The molecule has 1 amide bonds. The van der Waals surface area contributed by atoms with Crippen LogP contribution >= 0.6 is 34.4 Å². The van der Waals surface area contributed by atoms with Crippen molar-refractivity contribution in [3.8, 4) is 0 Å². The van der Waals surface area contributed by atoms with Crippen LogP contribution in [0.3, 0.4) is 0 Å². The summed E-state index contributed by atoms with van der Waals surface area (Å²) in [5.74, 6) is 0.136. The number of rotatable bonds is 5. The zero-order chi connectivity index (χ0) is 12.8. The van der Waals surface area contributed by atoms with Crippen molar-refractivity contribution in [1.29, 1.82) is 0 Å². The molecule has 0 saturated carbocycles. The first kappa shape index (κ1) is 13.2. The van der Waals surface area contributed by atoms with Gasteiger partial charge in [0, 0.05) is 4.88 Å². The van der Waals surface area contributed by atoms with E-state index in [0.29, 0.717) is 0 Å². The molecule has 0 fully saturated rings. The molecule has 8 heteroatoms. The SMILES string of the molecule is Cc1nnc(SCC(=O)NN=Cc2cccs2)s1. The predicted octanol–water partition coefficient (Wildman–Crippen LogP) is 2.15. The normalized spacial score (nSPS) is 10.9. The summed E-state index contributed by atoms with van der Waals surface area (Å²) in [5.41, 5.74) is 2.47. The second kappa shape index (κ2) is 6.62. The molecule has 0 radical (unpaired) electrons. The summed E-state index contributed by atoms with van der Waals surface area (Å²) in [7, 11) is 0. The average Bonchev–Trinajstić information content (AvgIpc) is 2.98. The summed E-state index contributed by atoms with van der Waals surface area (Å²) in [6, 6.07) is 3.86. The maximum atomic E-state index is 11.5. The molecule has 0 saturated heterocycles. The minimum absolute atomic E-state index is 0.152. The van der Waals surface area contributed by atoms with E-state index in [1.54, 1.807) is 17.6 Å². The van der Waals surface area contributed by atoms with Gasteiger partial charge in [0.25, 0.3) is 5.91 Å². The third-order valence-electron chi connectivity index (χ3n) is 1.76. The van der Waals surface area contributed by atoms with Crippen LogP contribution in [0, 0.1) is 6.92 Å². The number of carbonyl (C=O) groups is 1. The Hall–Kier alpha value is -1.25. The van der Waals surface area contributed by atoms with Crippen molar-refractivity contribution in [3.63, 3.8) is 0 Å². The van der Waals surface area contributed by atoms with Gasteiger partial charge in [0.1, 0.15) is 5.01 Å². The zero-order valence-electron chi connectivity index (χ0n) is 9.49. The number of nitrogens with zero attached hydrogens (tertiary/aromatic N) is 3. The van der Waals surface area contributed by atoms with E-state index >= 15 is 0 Å². The van der Waals surface area contributed by atoms with Gasteiger partial charge in [0.15, 0.2) is 4.34 Å². The van der Waals surface area contributed by atoms with Crippen LogP contribution < -0.4 is 5.43 Å². The van der Waals surface area contributed by atoms with E-state index in [0.717, 1.165) is 14.2 Å². The number of hydrogen-bond acceptors (Lipinski definition) is 7. The lowest BCUT2D eigenvalue weighted by Crippen LogP contribution is -2.19. The Balaban J connectivity index is 1.72. The second-order valence-electron chi connectivity index (χ2n) is 3.18. The fourth-order valence-corrected chi connectivity index (χ4v) is 3.22. The molecule has 0 aliphatic heterocycles. The largest absolute Gasteiger partial charge is 0.272 e. The highest BCUT2D eigenvalue weighted by atomic mass is 32.2. The molecular formula is C10H10N4OS3. The van der Waals surface area contributed by atoms with Gasteiger partial charge in [0.2, 0.25) is 0 Å². The van der Waals surface area contributed by atoms with Gasteiger partial charge in [-0.2, -0.15) is 5.10 Å². The van der Waals surface area contributed by atoms with Crippen molar-refractivity contribution in [2.45, 2.75) is 11.3 Å². The minimum Gasteiger partial charge on any atom is -0.272 e. The van der Waals surface area contributed by atoms with Gasteiger partial charge in [-0.15, -0.1) is 21.5 Å². The molecule has 0 bridgehead atoms. The fourth-order valence-electron chi connectivity index (χ4n) is 1.03. The van der Waals surface area contributed by atoms with Crippen LogP contribution in [0.2, 0.25) is 0 Å². The van der Waals surface area contributed by atoms with Gasteiger partial charge < -0.3 is 0 Å². The van der Waals surface area contributed by atoms with E-state index < -0.39 is 0 Å². The van der Waals surface area contributed by atoms with E-state index in [1.807, 2.05) is 24.4 Å². The summed E-state index contributed by atoms with van der Waals surface area (Å²) in [4.78, 5) is 12.5. The highest BCUT2D eigenvalue weighted by molar-refractivity contribution is 8.01. The van der Waals surface area contributed by atoms with Crippen molar-refractivity contribution in [2.24, 2.45) is 5.10 Å². The lowest BCUT2D eigenvalue weighted by Gasteiger charge is -1.96. The van der Waals surface area contributed by atoms with E-state index in [1.165, 1.54) is 23.1 Å². The first-order valence-electron chi connectivity index (χ1n) is 5.02. The standard InChI is InChI=1S/C10H10N4OS3/c1-7-12-14-10(18-7)17-6-9(15)13-11-5-8-3-2-4-16-8/h2-5H,6H2,1H3,(H,13,15). The number of thioether (sulfide) groups is 1. The molecule has 0 aliphatic carbocycles. The molecule has 2 aromatic heterocycles. The Bertz CT molecular complexity index is 535. The average molecular weight is 298 g/mol. The molecule has 0 spiro atoms. The summed E-state index contributed by atoms with van der Waals surface area (Å²) >= 11 is 4.40. The Labute approximate surface area is 116 Å². The van der Waals surface area contributed by atoms with Crippen LogP contribution in [-0.2, 0) is 4.79 Å². The molecule has 2 heterocycles.